The molecule has 0 amide bonds. The first-order chi connectivity index (χ1) is 5.47. The van der Waals surface area contributed by atoms with Crippen LogP contribution in [0.1, 0.15) is 32.1 Å². The minimum Gasteiger partial charge on any atom is -0.289 e. The van der Waals surface area contributed by atoms with Crippen molar-refractivity contribution >= 4 is 5.71 Å². The summed E-state index contributed by atoms with van der Waals surface area (Å²) < 4.78 is 0. The van der Waals surface area contributed by atoms with E-state index < -0.39 is 0 Å². The number of aliphatic imine (C=N–C) groups is 1. The van der Waals surface area contributed by atoms with Crippen molar-refractivity contribution in [1.29, 1.82) is 0 Å². The van der Waals surface area contributed by atoms with Crippen molar-refractivity contribution in [2.75, 3.05) is 6.54 Å². The van der Waals surface area contributed by atoms with Crippen molar-refractivity contribution in [2.24, 2.45) is 10.9 Å². The summed E-state index contributed by atoms with van der Waals surface area (Å²) in [5, 5.41) is 0. The van der Waals surface area contributed by atoms with Gasteiger partial charge in [-0.3, -0.25) is 4.99 Å². The molecule has 0 aromatic heterocycles. The third-order valence-corrected chi connectivity index (χ3v) is 2.65. The van der Waals surface area contributed by atoms with Gasteiger partial charge in [0.25, 0.3) is 0 Å². The van der Waals surface area contributed by atoms with Crippen LogP contribution in [-0.4, -0.2) is 12.3 Å². The summed E-state index contributed by atoms with van der Waals surface area (Å²) in [4.78, 5) is 4.54. The van der Waals surface area contributed by atoms with Gasteiger partial charge in [0.2, 0.25) is 0 Å². The zero-order valence-corrected chi connectivity index (χ0v) is 6.92. The van der Waals surface area contributed by atoms with E-state index in [1.54, 1.807) is 0 Å². The largest absolute Gasteiger partial charge is 0.289 e. The van der Waals surface area contributed by atoms with E-state index >= 15 is 0 Å². The van der Waals surface area contributed by atoms with Crippen molar-refractivity contribution in [3.8, 4) is 0 Å². The van der Waals surface area contributed by atoms with Crippen LogP contribution in [0.4, 0.5) is 0 Å². The fraction of sp³-hybridized carbons (Fsp3) is 0.700. The Kier molecular flexibility index (Phi) is 2.06. The molecule has 0 spiro atoms. The molecule has 60 valence electrons. The molecule has 0 N–H and O–H groups in total. The molecule has 2 aliphatic rings. The predicted octanol–water partition coefficient (Wildman–Crippen LogP) is 2.58. The van der Waals surface area contributed by atoms with Crippen molar-refractivity contribution in [2.45, 2.75) is 32.1 Å². The van der Waals surface area contributed by atoms with Gasteiger partial charge in [-0.2, -0.15) is 0 Å². The van der Waals surface area contributed by atoms with Gasteiger partial charge in [-0.15, -0.1) is 0 Å². The predicted molar refractivity (Wildman–Crippen MR) is 48.0 cm³/mol. The lowest BCUT2D eigenvalue weighted by Gasteiger charge is -2.11. The number of hydrogen-bond donors (Lipinski definition) is 0. The summed E-state index contributed by atoms with van der Waals surface area (Å²) in [6, 6.07) is 0. The van der Waals surface area contributed by atoms with E-state index in [0.717, 1.165) is 18.9 Å². The summed E-state index contributed by atoms with van der Waals surface area (Å²) in [6.07, 6.45) is 11.2. The molecule has 1 heteroatoms. The monoisotopic (exact) mass is 149 g/mol. The fourth-order valence-corrected chi connectivity index (χ4v) is 2.01. The first-order valence-electron chi connectivity index (χ1n) is 4.68. The Hall–Kier alpha value is -0.590. The Morgan fingerprint density at radius 1 is 1.27 bits per heavy atom. The SMILES string of the molecule is C1=CC(C2CCCC2)=NCC1. The van der Waals surface area contributed by atoms with Gasteiger partial charge in [-0.05, 0) is 25.3 Å². The van der Waals surface area contributed by atoms with Gasteiger partial charge >= 0.3 is 0 Å². The topological polar surface area (TPSA) is 12.4 Å². The molecule has 0 unspecified atom stereocenters. The van der Waals surface area contributed by atoms with Crippen molar-refractivity contribution in [3.63, 3.8) is 0 Å². The van der Waals surface area contributed by atoms with Crippen LogP contribution in [0.15, 0.2) is 17.1 Å². The number of nitrogens with zero attached hydrogens (tertiary/aromatic N) is 1. The Labute approximate surface area is 68.2 Å². The normalized spacial score (nSPS) is 25.6. The third kappa shape index (κ3) is 1.52. The molecule has 0 aromatic rings. The third-order valence-electron chi connectivity index (χ3n) is 2.65. The second kappa shape index (κ2) is 3.21. The van der Waals surface area contributed by atoms with Crippen molar-refractivity contribution < 1.29 is 0 Å². The minimum absolute atomic E-state index is 0.812. The quantitative estimate of drug-likeness (QED) is 0.543. The fourth-order valence-electron chi connectivity index (χ4n) is 2.01. The van der Waals surface area contributed by atoms with Crippen molar-refractivity contribution in [1.82, 2.24) is 0 Å². The highest BCUT2D eigenvalue weighted by atomic mass is 14.7. The second-order valence-corrected chi connectivity index (χ2v) is 3.48. The lowest BCUT2D eigenvalue weighted by molar-refractivity contribution is 0.723. The second-order valence-electron chi connectivity index (χ2n) is 3.48. The Bertz CT molecular complexity index is 185. The zero-order chi connectivity index (χ0) is 7.52. The standard InChI is InChI=1S/C10H15N/c1-2-6-9(5-1)10-7-3-4-8-11-10/h3,7,9H,1-2,4-6,8H2. The van der Waals surface area contributed by atoms with Crippen LogP contribution >= 0.6 is 0 Å². The van der Waals surface area contributed by atoms with Crippen LogP contribution in [-0.2, 0) is 0 Å². The van der Waals surface area contributed by atoms with Crippen LogP contribution < -0.4 is 0 Å². The molecule has 0 atom stereocenters. The average molecular weight is 149 g/mol. The molecule has 1 aliphatic heterocycles. The van der Waals surface area contributed by atoms with Crippen LogP contribution in [0.5, 0.6) is 0 Å². The van der Waals surface area contributed by atoms with Gasteiger partial charge in [-0.25, -0.2) is 0 Å². The summed E-state index contributed by atoms with van der Waals surface area (Å²) in [7, 11) is 0. The van der Waals surface area contributed by atoms with E-state index in [9.17, 15) is 0 Å². The maximum absolute atomic E-state index is 4.54. The van der Waals surface area contributed by atoms with Gasteiger partial charge in [0.1, 0.15) is 0 Å². The summed E-state index contributed by atoms with van der Waals surface area (Å²) in [6.45, 7) is 1.03. The number of dihydropyridines is 1. The first kappa shape index (κ1) is 7.08. The van der Waals surface area contributed by atoms with Crippen LogP contribution in [0.25, 0.3) is 0 Å². The summed E-state index contributed by atoms with van der Waals surface area (Å²) >= 11 is 0. The highest BCUT2D eigenvalue weighted by Gasteiger charge is 2.19. The molecule has 1 aliphatic carbocycles. The van der Waals surface area contributed by atoms with Gasteiger partial charge in [0, 0.05) is 18.2 Å². The molecule has 1 nitrogen and oxygen atoms in total. The Balaban J connectivity index is 2.02. The van der Waals surface area contributed by atoms with E-state index in [2.05, 4.69) is 17.1 Å². The van der Waals surface area contributed by atoms with Crippen LogP contribution in [0.3, 0.4) is 0 Å². The maximum Gasteiger partial charge on any atom is 0.0427 e. The van der Waals surface area contributed by atoms with E-state index in [1.165, 1.54) is 31.4 Å². The molecule has 1 saturated carbocycles. The molecular weight excluding hydrogens is 134 g/mol. The molecule has 2 rings (SSSR count). The Morgan fingerprint density at radius 2 is 2.09 bits per heavy atom. The molecular formula is C10H15N. The molecule has 0 radical (unpaired) electrons. The number of allylic oxidation sites excluding steroid dienone is 1. The maximum atomic E-state index is 4.54. The molecule has 0 aromatic carbocycles. The van der Waals surface area contributed by atoms with Gasteiger partial charge in [0.05, 0.1) is 0 Å². The van der Waals surface area contributed by atoms with Crippen molar-refractivity contribution in [3.05, 3.63) is 12.2 Å². The van der Waals surface area contributed by atoms with E-state index in [0.29, 0.717) is 0 Å². The highest BCUT2D eigenvalue weighted by Crippen LogP contribution is 2.27. The van der Waals surface area contributed by atoms with Gasteiger partial charge in [0.15, 0.2) is 0 Å². The summed E-state index contributed by atoms with van der Waals surface area (Å²) in [5.41, 5.74) is 1.38. The van der Waals surface area contributed by atoms with Crippen LogP contribution in [0, 0.1) is 5.92 Å². The zero-order valence-electron chi connectivity index (χ0n) is 6.92. The average Bonchev–Trinajstić information content (AvgIpc) is 2.58. The smallest absolute Gasteiger partial charge is 0.0427 e. The molecule has 0 saturated heterocycles. The number of hydrogen-bond acceptors (Lipinski definition) is 1. The lowest BCUT2D eigenvalue weighted by atomic mass is 10.00. The highest BCUT2D eigenvalue weighted by molar-refractivity contribution is 5.97. The molecule has 0 bridgehead atoms. The van der Waals surface area contributed by atoms with Crippen LogP contribution in [0.2, 0.25) is 0 Å². The van der Waals surface area contributed by atoms with E-state index in [4.69, 9.17) is 0 Å². The van der Waals surface area contributed by atoms with Gasteiger partial charge in [-0.1, -0.05) is 18.9 Å². The van der Waals surface area contributed by atoms with E-state index in [1.807, 2.05) is 0 Å². The molecule has 1 heterocycles. The van der Waals surface area contributed by atoms with Gasteiger partial charge < -0.3 is 0 Å². The summed E-state index contributed by atoms with van der Waals surface area (Å²) in [5.74, 6) is 0.812. The molecule has 11 heavy (non-hydrogen) atoms. The number of rotatable bonds is 1. The lowest BCUT2D eigenvalue weighted by Crippen LogP contribution is -2.10. The Morgan fingerprint density at radius 3 is 2.73 bits per heavy atom. The van der Waals surface area contributed by atoms with E-state index in [-0.39, 0.29) is 0 Å². The molecule has 1 fully saturated rings. The minimum atomic E-state index is 0.812. The first-order valence-corrected chi connectivity index (χ1v) is 4.68.